The van der Waals surface area contributed by atoms with Crippen molar-refractivity contribution in [2.24, 2.45) is 10.9 Å². The van der Waals surface area contributed by atoms with E-state index in [-0.39, 0.29) is 18.2 Å². The van der Waals surface area contributed by atoms with Crippen molar-refractivity contribution in [3.8, 4) is 5.75 Å². The van der Waals surface area contributed by atoms with Crippen LogP contribution < -0.4 is 15.4 Å². The van der Waals surface area contributed by atoms with Crippen molar-refractivity contribution in [3.63, 3.8) is 0 Å². The molecule has 7 nitrogen and oxygen atoms in total. The molecule has 0 fully saturated rings. The number of methoxy groups -OCH3 is 1. The Morgan fingerprint density at radius 3 is 2.34 bits per heavy atom. The van der Waals surface area contributed by atoms with Gasteiger partial charge in [-0.05, 0) is 59.6 Å². The van der Waals surface area contributed by atoms with E-state index in [1.165, 1.54) is 17.3 Å². The second-order valence-corrected chi connectivity index (χ2v) is 11.1. The van der Waals surface area contributed by atoms with Gasteiger partial charge < -0.3 is 20.3 Å². The minimum atomic E-state index is -0.416. The first-order chi connectivity index (χ1) is 18.2. The number of rotatable bonds is 9. The number of hydrogen-bond donors (Lipinski definition) is 2. The van der Waals surface area contributed by atoms with Crippen molar-refractivity contribution < 1.29 is 14.3 Å². The van der Waals surface area contributed by atoms with E-state index >= 15 is 0 Å². The van der Waals surface area contributed by atoms with Gasteiger partial charge in [-0.15, -0.1) is 0 Å². The summed E-state index contributed by atoms with van der Waals surface area (Å²) in [4.78, 5) is 33.4. The molecule has 2 aliphatic heterocycles. The van der Waals surface area contributed by atoms with Crippen LogP contribution in [-0.4, -0.2) is 35.5 Å². The predicted octanol–water partition coefficient (Wildman–Crippen LogP) is 6.19. The molecule has 0 aliphatic carbocycles. The third-order valence-electron chi connectivity index (χ3n) is 6.56. The molecule has 0 radical (unpaired) electrons. The molecule has 2 amide bonds. The van der Waals surface area contributed by atoms with Gasteiger partial charge in [0.05, 0.1) is 30.8 Å². The molecule has 2 heterocycles. The topological polar surface area (TPSA) is 83.0 Å². The summed E-state index contributed by atoms with van der Waals surface area (Å²) in [7, 11) is 1.61. The molecular formula is C30H36N4O3S. The van der Waals surface area contributed by atoms with Crippen LogP contribution in [0.1, 0.15) is 64.1 Å². The van der Waals surface area contributed by atoms with Gasteiger partial charge in [-0.1, -0.05) is 63.7 Å². The second kappa shape index (κ2) is 11.9. The molecule has 2 aliphatic rings. The largest absolute Gasteiger partial charge is 0.497 e. The Morgan fingerprint density at radius 1 is 1.05 bits per heavy atom. The van der Waals surface area contributed by atoms with E-state index < -0.39 is 6.04 Å². The molecule has 2 N–H and O–H groups in total. The molecule has 0 saturated carbocycles. The Labute approximate surface area is 229 Å². The van der Waals surface area contributed by atoms with Crippen molar-refractivity contribution in [2.75, 3.05) is 19.0 Å². The number of allylic oxidation sites excluding steroid dienone is 1. The average molecular weight is 533 g/mol. The number of aliphatic imine (C=N–C) groups is 1. The summed E-state index contributed by atoms with van der Waals surface area (Å²) in [6, 6.07) is 15.2. The van der Waals surface area contributed by atoms with Gasteiger partial charge in [0.25, 0.3) is 5.91 Å². The predicted molar refractivity (Wildman–Crippen MR) is 155 cm³/mol. The first-order valence-electron chi connectivity index (χ1n) is 12.9. The number of ether oxygens (including phenoxy) is 1. The molecule has 8 heteroatoms. The summed E-state index contributed by atoms with van der Waals surface area (Å²) in [5.41, 5.74) is 4.90. The van der Waals surface area contributed by atoms with Gasteiger partial charge in [0.2, 0.25) is 5.91 Å². The van der Waals surface area contributed by atoms with Crippen LogP contribution >= 0.6 is 11.8 Å². The number of fused-ring (bicyclic) bond motifs is 1. The molecule has 0 unspecified atom stereocenters. The zero-order chi connectivity index (χ0) is 27.4. The van der Waals surface area contributed by atoms with Crippen molar-refractivity contribution in [2.45, 2.75) is 53.0 Å². The van der Waals surface area contributed by atoms with Gasteiger partial charge in [0.15, 0.2) is 5.17 Å². The van der Waals surface area contributed by atoms with Crippen LogP contribution in [0.3, 0.4) is 0 Å². The molecule has 1 atom stereocenters. The summed E-state index contributed by atoms with van der Waals surface area (Å²) in [6.45, 7) is 10.9. The number of amidine groups is 1. The van der Waals surface area contributed by atoms with E-state index in [2.05, 4.69) is 62.6 Å². The van der Waals surface area contributed by atoms with Crippen LogP contribution in [0.2, 0.25) is 0 Å². The molecule has 0 spiro atoms. The molecule has 38 heavy (non-hydrogen) atoms. The Kier molecular flexibility index (Phi) is 8.62. The van der Waals surface area contributed by atoms with Gasteiger partial charge in [0, 0.05) is 17.9 Å². The lowest BCUT2D eigenvalue weighted by atomic mass is 9.91. The quantitative estimate of drug-likeness (QED) is 0.402. The van der Waals surface area contributed by atoms with Crippen LogP contribution in [0.15, 0.2) is 75.9 Å². The zero-order valence-corrected chi connectivity index (χ0v) is 23.7. The molecule has 0 saturated heterocycles. The number of anilines is 1. The summed E-state index contributed by atoms with van der Waals surface area (Å²) >= 11 is 1.49. The van der Waals surface area contributed by atoms with Crippen molar-refractivity contribution in [1.29, 1.82) is 0 Å². The third kappa shape index (κ3) is 6.13. The Morgan fingerprint density at radius 2 is 1.74 bits per heavy atom. The number of carbonyl (C=O) groups excluding carboxylic acids is 2. The molecule has 0 aromatic heterocycles. The lowest BCUT2D eigenvalue weighted by molar-refractivity contribution is -0.120. The molecule has 0 bridgehead atoms. The molecule has 2 aromatic carbocycles. The van der Waals surface area contributed by atoms with E-state index in [0.29, 0.717) is 41.1 Å². The summed E-state index contributed by atoms with van der Waals surface area (Å²) in [6.07, 6.45) is 0.214. The number of thioether (sulfide) groups is 1. The number of amides is 2. The lowest BCUT2D eigenvalue weighted by Gasteiger charge is -2.36. The van der Waals surface area contributed by atoms with Gasteiger partial charge in [-0.2, -0.15) is 0 Å². The fourth-order valence-corrected chi connectivity index (χ4v) is 5.42. The van der Waals surface area contributed by atoms with Gasteiger partial charge in [-0.3, -0.25) is 9.59 Å². The molecule has 2 aromatic rings. The van der Waals surface area contributed by atoms with E-state index in [1.807, 2.05) is 41.5 Å². The van der Waals surface area contributed by atoms with Gasteiger partial charge in [0.1, 0.15) is 5.75 Å². The van der Waals surface area contributed by atoms with E-state index in [1.54, 1.807) is 7.11 Å². The monoisotopic (exact) mass is 532 g/mol. The van der Waals surface area contributed by atoms with Gasteiger partial charge in [-0.25, -0.2) is 4.99 Å². The highest BCUT2D eigenvalue weighted by Gasteiger charge is 2.40. The Hall–Kier alpha value is -3.52. The average Bonchev–Trinajstić information content (AvgIpc) is 3.28. The van der Waals surface area contributed by atoms with Crippen molar-refractivity contribution >= 4 is 34.4 Å². The number of nitrogens with one attached hydrogen (secondary N) is 2. The standard InChI is InChI=1S/C30H36N4O3S/c1-18(2)16-31-26(35)15-24-17-38-30-32-20(5)27(29(36)33-23-11-13-25(37-6)14-12-23)28(34(24)30)22-9-7-21(8-10-22)19(3)4/h7-14,17-19,28H,15-16H2,1-6H3,(H,31,35)(H,33,36)/t28-/m1/s1. The SMILES string of the molecule is COc1ccc(NC(=O)C2=C(C)N=C3SC=C(CC(=O)NCC(C)C)N3[C@@H]2c2ccc(C(C)C)cc2)cc1. The minimum absolute atomic E-state index is 0.0452. The number of benzene rings is 2. The zero-order valence-electron chi connectivity index (χ0n) is 22.9. The summed E-state index contributed by atoms with van der Waals surface area (Å²) in [5.74, 6) is 1.20. The van der Waals surface area contributed by atoms with Crippen molar-refractivity contribution in [3.05, 3.63) is 82.0 Å². The minimum Gasteiger partial charge on any atom is -0.497 e. The van der Waals surface area contributed by atoms with E-state index in [9.17, 15) is 9.59 Å². The first kappa shape index (κ1) is 27.5. The normalized spacial score (nSPS) is 16.8. The van der Waals surface area contributed by atoms with Crippen LogP contribution in [0.25, 0.3) is 0 Å². The fourth-order valence-electron chi connectivity index (χ4n) is 4.46. The fraction of sp³-hybridized carbons (Fsp3) is 0.367. The third-order valence-corrected chi connectivity index (χ3v) is 7.45. The molecule has 200 valence electrons. The van der Waals surface area contributed by atoms with E-state index in [0.717, 1.165) is 16.4 Å². The van der Waals surface area contributed by atoms with Crippen LogP contribution in [0, 0.1) is 5.92 Å². The van der Waals surface area contributed by atoms with Crippen LogP contribution in [0.4, 0.5) is 5.69 Å². The Balaban J connectivity index is 1.69. The smallest absolute Gasteiger partial charge is 0.255 e. The van der Waals surface area contributed by atoms with E-state index in [4.69, 9.17) is 9.73 Å². The van der Waals surface area contributed by atoms with Crippen LogP contribution in [-0.2, 0) is 9.59 Å². The molecular weight excluding hydrogens is 496 g/mol. The van der Waals surface area contributed by atoms with Crippen molar-refractivity contribution in [1.82, 2.24) is 10.2 Å². The highest BCUT2D eigenvalue weighted by atomic mass is 32.2. The summed E-state index contributed by atoms with van der Waals surface area (Å²) < 4.78 is 5.24. The highest BCUT2D eigenvalue weighted by Crippen LogP contribution is 2.45. The maximum Gasteiger partial charge on any atom is 0.255 e. The summed E-state index contributed by atoms with van der Waals surface area (Å²) in [5, 5.41) is 8.79. The van der Waals surface area contributed by atoms with Gasteiger partial charge >= 0.3 is 0 Å². The number of carbonyl (C=O) groups is 2. The number of hydrogen-bond acceptors (Lipinski definition) is 6. The Bertz CT molecular complexity index is 1280. The maximum atomic E-state index is 13.8. The lowest BCUT2D eigenvalue weighted by Crippen LogP contribution is -2.39. The first-order valence-corrected chi connectivity index (χ1v) is 13.8. The molecule has 4 rings (SSSR count). The highest BCUT2D eigenvalue weighted by molar-refractivity contribution is 8.16. The van der Waals surface area contributed by atoms with Crippen LogP contribution in [0.5, 0.6) is 5.75 Å². The number of nitrogens with zero attached hydrogens (tertiary/aromatic N) is 2. The second-order valence-electron chi connectivity index (χ2n) is 10.3. The maximum absolute atomic E-state index is 13.8.